The van der Waals surface area contributed by atoms with Gasteiger partial charge in [0.05, 0.1) is 6.10 Å². The first kappa shape index (κ1) is 14.7. The highest BCUT2D eigenvalue weighted by atomic mass is 32.1. The van der Waals surface area contributed by atoms with E-state index in [1.807, 2.05) is 16.8 Å². The summed E-state index contributed by atoms with van der Waals surface area (Å²) in [6, 6.07) is 2.00. The molecule has 3 rings (SSSR count). The first-order valence-electron chi connectivity index (χ1n) is 7.18. The average Bonchev–Trinajstić information content (AvgIpc) is 3.16. The molecule has 0 bridgehead atoms. The zero-order valence-corrected chi connectivity index (χ0v) is 13.3. The van der Waals surface area contributed by atoms with E-state index in [0.717, 1.165) is 36.3 Å². The van der Waals surface area contributed by atoms with Crippen molar-refractivity contribution in [2.75, 3.05) is 6.54 Å². The van der Waals surface area contributed by atoms with Crippen LogP contribution < -0.4 is 5.32 Å². The van der Waals surface area contributed by atoms with Crippen LogP contribution in [0.1, 0.15) is 36.2 Å². The summed E-state index contributed by atoms with van der Waals surface area (Å²) in [5.74, 6) is 0.0307. The van der Waals surface area contributed by atoms with Gasteiger partial charge in [0.25, 0.3) is 5.91 Å². The first-order valence-corrected chi connectivity index (χ1v) is 9.00. The van der Waals surface area contributed by atoms with Gasteiger partial charge in [0.1, 0.15) is 10.7 Å². The fourth-order valence-corrected chi connectivity index (χ4v) is 4.15. The van der Waals surface area contributed by atoms with Crippen LogP contribution in [0.5, 0.6) is 0 Å². The van der Waals surface area contributed by atoms with Gasteiger partial charge in [0.2, 0.25) is 0 Å². The zero-order valence-electron chi connectivity index (χ0n) is 11.6. The minimum absolute atomic E-state index is 0.148. The van der Waals surface area contributed by atoms with Gasteiger partial charge in [-0.3, -0.25) is 4.79 Å². The van der Waals surface area contributed by atoms with Gasteiger partial charge < -0.3 is 10.4 Å². The summed E-state index contributed by atoms with van der Waals surface area (Å²) in [7, 11) is 0. The quantitative estimate of drug-likeness (QED) is 0.909. The molecule has 1 fully saturated rings. The van der Waals surface area contributed by atoms with Crippen molar-refractivity contribution < 1.29 is 9.90 Å². The van der Waals surface area contributed by atoms with Crippen LogP contribution in [-0.2, 0) is 0 Å². The second kappa shape index (κ2) is 6.68. The third kappa shape index (κ3) is 3.51. The van der Waals surface area contributed by atoms with Crippen LogP contribution in [0.15, 0.2) is 22.2 Å². The molecule has 1 amide bonds. The molecule has 0 spiro atoms. The summed E-state index contributed by atoms with van der Waals surface area (Å²) in [4.78, 5) is 16.5. The normalized spacial score (nSPS) is 22.1. The van der Waals surface area contributed by atoms with Gasteiger partial charge in [-0.05, 0) is 24.3 Å². The monoisotopic (exact) mass is 322 g/mol. The highest BCUT2D eigenvalue weighted by Gasteiger charge is 2.23. The van der Waals surface area contributed by atoms with Crippen molar-refractivity contribution in [1.82, 2.24) is 10.3 Å². The number of thiophene rings is 1. The Morgan fingerprint density at radius 3 is 3.00 bits per heavy atom. The van der Waals surface area contributed by atoms with Crippen LogP contribution in [0.4, 0.5) is 0 Å². The van der Waals surface area contributed by atoms with Gasteiger partial charge in [-0.2, -0.15) is 11.3 Å². The first-order chi connectivity index (χ1) is 10.2. The minimum atomic E-state index is -0.282. The predicted octanol–water partition coefficient (Wildman–Crippen LogP) is 3.15. The Morgan fingerprint density at radius 2 is 2.24 bits per heavy atom. The number of hydrogen-bond acceptors (Lipinski definition) is 5. The summed E-state index contributed by atoms with van der Waals surface area (Å²) < 4.78 is 0. The number of carbonyl (C=O) groups is 1. The molecule has 2 aromatic heterocycles. The smallest absolute Gasteiger partial charge is 0.270 e. The number of nitrogens with one attached hydrogen (secondary N) is 1. The van der Waals surface area contributed by atoms with Gasteiger partial charge in [-0.1, -0.05) is 12.8 Å². The summed E-state index contributed by atoms with van der Waals surface area (Å²) in [6.45, 7) is 0.533. The van der Waals surface area contributed by atoms with E-state index in [2.05, 4.69) is 10.3 Å². The lowest BCUT2D eigenvalue weighted by molar-refractivity contribution is 0.0662. The van der Waals surface area contributed by atoms with Crippen molar-refractivity contribution in [3.8, 4) is 10.6 Å². The molecule has 21 heavy (non-hydrogen) atoms. The predicted molar refractivity (Wildman–Crippen MR) is 85.7 cm³/mol. The Bertz CT molecular complexity index is 595. The SMILES string of the molecule is O=C(NCC1CCCCC1O)c1csc(-c2ccsc2)n1. The number of aromatic nitrogens is 1. The molecular weight excluding hydrogens is 304 g/mol. The highest BCUT2D eigenvalue weighted by Crippen LogP contribution is 2.26. The van der Waals surface area contributed by atoms with Crippen molar-refractivity contribution in [3.63, 3.8) is 0 Å². The molecule has 2 N–H and O–H groups in total. The van der Waals surface area contributed by atoms with Crippen LogP contribution >= 0.6 is 22.7 Å². The standard InChI is InChI=1S/C15H18N2O2S2/c18-13-4-2-1-3-10(13)7-16-14(19)12-9-21-15(17-12)11-5-6-20-8-11/h5-6,8-10,13,18H,1-4,7H2,(H,16,19). The van der Waals surface area contributed by atoms with Gasteiger partial charge in [0, 0.05) is 28.8 Å². The number of amides is 1. The Labute approximate surface area is 131 Å². The Balaban J connectivity index is 1.58. The molecule has 112 valence electrons. The van der Waals surface area contributed by atoms with Crippen LogP contribution in [-0.4, -0.2) is 28.6 Å². The maximum Gasteiger partial charge on any atom is 0.270 e. The second-order valence-corrected chi connectivity index (χ2v) is 7.01. The van der Waals surface area contributed by atoms with E-state index < -0.39 is 0 Å². The number of carbonyl (C=O) groups excluding carboxylic acids is 1. The fraction of sp³-hybridized carbons (Fsp3) is 0.467. The van der Waals surface area contributed by atoms with E-state index in [1.54, 1.807) is 16.7 Å². The summed E-state index contributed by atoms with van der Waals surface area (Å²) in [5.41, 5.74) is 1.53. The van der Waals surface area contributed by atoms with Crippen molar-refractivity contribution >= 4 is 28.6 Å². The van der Waals surface area contributed by atoms with Crippen LogP contribution in [0, 0.1) is 5.92 Å². The molecule has 0 saturated heterocycles. The minimum Gasteiger partial charge on any atom is -0.393 e. The van der Waals surface area contributed by atoms with E-state index in [1.165, 1.54) is 11.3 Å². The third-order valence-electron chi connectivity index (χ3n) is 3.90. The molecule has 2 heterocycles. The van der Waals surface area contributed by atoms with Gasteiger partial charge in [-0.25, -0.2) is 4.98 Å². The Morgan fingerprint density at radius 1 is 1.38 bits per heavy atom. The molecule has 0 aromatic carbocycles. The lowest BCUT2D eigenvalue weighted by Crippen LogP contribution is -2.36. The van der Waals surface area contributed by atoms with Crippen molar-refractivity contribution in [3.05, 3.63) is 27.9 Å². The lowest BCUT2D eigenvalue weighted by Gasteiger charge is -2.27. The number of rotatable bonds is 4. The average molecular weight is 322 g/mol. The van der Waals surface area contributed by atoms with E-state index >= 15 is 0 Å². The maximum absolute atomic E-state index is 12.1. The topological polar surface area (TPSA) is 62.2 Å². The number of aliphatic hydroxyl groups is 1. The fourth-order valence-electron chi connectivity index (χ4n) is 2.64. The maximum atomic E-state index is 12.1. The van der Waals surface area contributed by atoms with E-state index in [-0.39, 0.29) is 17.9 Å². The van der Waals surface area contributed by atoms with Gasteiger partial charge in [-0.15, -0.1) is 11.3 Å². The number of thiazole rings is 1. The summed E-state index contributed by atoms with van der Waals surface area (Å²) in [6.07, 6.45) is 3.77. The largest absolute Gasteiger partial charge is 0.393 e. The van der Waals surface area contributed by atoms with Gasteiger partial charge >= 0.3 is 0 Å². The summed E-state index contributed by atoms with van der Waals surface area (Å²) in [5, 5.41) is 19.5. The van der Waals surface area contributed by atoms with E-state index in [0.29, 0.717) is 12.2 Å². The third-order valence-corrected chi connectivity index (χ3v) is 5.47. The number of aliphatic hydroxyl groups excluding tert-OH is 1. The molecule has 2 atom stereocenters. The van der Waals surface area contributed by atoms with Crippen LogP contribution in [0.2, 0.25) is 0 Å². The second-order valence-electron chi connectivity index (χ2n) is 5.37. The summed E-state index contributed by atoms with van der Waals surface area (Å²) >= 11 is 3.10. The molecular formula is C15H18N2O2S2. The van der Waals surface area contributed by atoms with Crippen molar-refractivity contribution in [1.29, 1.82) is 0 Å². The Kier molecular flexibility index (Phi) is 4.67. The molecule has 1 aliphatic carbocycles. The van der Waals surface area contributed by atoms with Crippen molar-refractivity contribution in [2.45, 2.75) is 31.8 Å². The molecule has 1 aliphatic rings. The molecule has 1 saturated carbocycles. The zero-order chi connectivity index (χ0) is 14.7. The number of nitrogens with zero attached hydrogens (tertiary/aromatic N) is 1. The molecule has 2 aromatic rings. The number of hydrogen-bond donors (Lipinski definition) is 2. The molecule has 0 radical (unpaired) electrons. The lowest BCUT2D eigenvalue weighted by atomic mass is 9.86. The van der Waals surface area contributed by atoms with Crippen LogP contribution in [0.25, 0.3) is 10.6 Å². The van der Waals surface area contributed by atoms with Gasteiger partial charge in [0.15, 0.2) is 0 Å². The molecule has 4 nitrogen and oxygen atoms in total. The van der Waals surface area contributed by atoms with Crippen LogP contribution in [0.3, 0.4) is 0 Å². The van der Waals surface area contributed by atoms with E-state index in [4.69, 9.17) is 0 Å². The van der Waals surface area contributed by atoms with Crippen molar-refractivity contribution in [2.24, 2.45) is 5.92 Å². The molecule has 6 heteroatoms. The van der Waals surface area contributed by atoms with E-state index in [9.17, 15) is 9.90 Å². The molecule has 0 aliphatic heterocycles. The highest BCUT2D eigenvalue weighted by molar-refractivity contribution is 7.14. The Hall–Kier alpha value is -1.24. The molecule has 2 unspecified atom stereocenters.